The second-order valence-electron chi connectivity index (χ2n) is 7.63. The quantitative estimate of drug-likeness (QED) is 0.747. The smallest absolute Gasteiger partial charge is 0.243 e. The van der Waals surface area contributed by atoms with Gasteiger partial charge in [-0.25, -0.2) is 12.8 Å². The number of sulfonamides is 1. The van der Waals surface area contributed by atoms with Crippen molar-refractivity contribution >= 4 is 15.9 Å². The van der Waals surface area contributed by atoms with Gasteiger partial charge in [0.1, 0.15) is 5.82 Å². The van der Waals surface area contributed by atoms with Gasteiger partial charge in [-0.2, -0.15) is 4.31 Å². The largest absolute Gasteiger partial charge is 0.352 e. The molecule has 0 saturated carbocycles. The number of nitrogens with zero attached hydrogens (tertiary/aromatic N) is 1. The molecule has 1 heterocycles. The predicted molar refractivity (Wildman–Crippen MR) is 110 cm³/mol. The average molecular weight is 419 g/mol. The van der Waals surface area contributed by atoms with Gasteiger partial charge in [0, 0.05) is 26.1 Å². The van der Waals surface area contributed by atoms with Crippen molar-refractivity contribution in [2.24, 2.45) is 5.92 Å². The number of halogens is 1. The molecule has 1 unspecified atom stereocenters. The van der Waals surface area contributed by atoms with Gasteiger partial charge in [0.05, 0.1) is 4.90 Å². The first-order valence-corrected chi connectivity index (χ1v) is 11.4. The van der Waals surface area contributed by atoms with E-state index in [9.17, 15) is 17.6 Å². The predicted octanol–water partition coefficient (Wildman–Crippen LogP) is 3.63. The maximum absolute atomic E-state index is 12.9. The third-order valence-corrected chi connectivity index (χ3v) is 7.20. The molecule has 1 atom stereocenters. The van der Waals surface area contributed by atoms with Gasteiger partial charge < -0.3 is 5.32 Å². The van der Waals surface area contributed by atoms with Crippen molar-refractivity contribution in [1.29, 1.82) is 0 Å². The van der Waals surface area contributed by atoms with E-state index in [-0.39, 0.29) is 17.6 Å². The van der Waals surface area contributed by atoms with Crippen molar-refractivity contribution in [3.8, 4) is 0 Å². The Morgan fingerprint density at radius 2 is 1.83 bits per heavy atom. The van der Waals surface area contributed by atoms with Crippen LogP contribution in [0, 0.1) is 18.7 Å². The number of hydrogen-bond acceptors (Lipinski definition) is 3. The van der Waals surface area contributed by atoms with E-state index in [1.807, 2.05) is 6.92 Å². The van der Waals surface area contributed by atoms with Crippen LogP contribution in [0.1, 0.15) is 36.8 Å². The minimum atomic E-state index is -3.50. The molecule has 0 aromatic heterocycles. The second kappa shape index (κ2) is 9.50. The van der Waals surface area contributed by atoms with Gasteiger partial charge in [-0.15, -0.1) is 0 Å². The Bertz CT molecular complexity index is 928. The number of aryl methyl sites for hydroxylation is 1. The molecular weight excluding hydrogens is 391 g/mol. The Balaban J connectivity index is 1.49. The highest BCUT2D eigenvalue weighted by atomic mass is 32.2. The van der Waals surface area contributed by atoms with Crippen LogP contribution in [0.25, 0.3) is 0 Å². The molecule has 1 aliphatic rings. The highest BCUT2D eigenvalue weighted by molar-refractivity contribution is 7.89. The number of hydrogen-bond donors (Lipinski definition) is 1. The summed E-state index contributed by atoms with van der Waals surface area (Å²) in [6.07, 6.45) is 2.72. The van der Waals surface area contributed by atoms with Crippen molar-refractivity contribution in [3.05, 3.63) is 65.5 Å². The summed E-state index contributed by atoms with van der Waals surface area (Å²) in [6, 6.07) is 12.9. The van der Waals surface area contributed by atoms with E-state index in [2.05, 4.69) is 5.32 Å². The number of carbonyl (C=O) groups is 1. The molecule has 3 rings (SSSR count). The fourth-order valence-electron chi connectivity index (χ4n) is 3.57. The van der Waals surface area contributed by atoms with Crippen LogP contribution < -0.4 is 5.32 Å². The standard InChI is InChI=1S/C22H27FN2O3S/c1-17-4-11-21(12-5-17)29(27,28)25-14-2-3-19(16-25)8-13-22(26)24-15-18-6-9-20(23)10-7-18/h4-7,9-12,19H,2-3,8,13-16H2,1H3,(H,24,26). The lowest BCUT2D eigenvalue weighted by molar-refractivity contribution is -0.121. The van der Waals surface area contributed by atoms with Crippen LogP contribution in [0.15, 0.2) is 53.4 Å². The Kier molecular flexibility index (Phi) is 7.03. The summed E-state index contributed by atoms with van der Waals surface area (Å²) in [6.45, 7) is 3.25. The van der Waals surface area contributed by atoms with Gasteiger partial charge in [0.2, 0.25) is 15.9 Å². The maximum atomic E-state index is 12.9. The first-order chi connectivity index (χ1) is 13.8. The van der Waals surface area contributed by atoms with Crippen LogP contribution in [0.3, 0.4) is 0 Å². The van der Waals surface area contributed by atoms with Gasteiger partial charge in [-0.3, -0.25) is 4.79 Å². The Morgan fingerprint density at radius 1 is 1.14 bits per heavy atom. The zero-order valence-corrected chi connectivity index (χ0v) is 17.4. The monoisotopic (exact) mass is 418 g/mol. The number of piperidine rings is 1. The Labute approximate surface area is 172 Å². The van der Waals surface area contributed by atoms with Crippen LogP contribution >= 0.6 is 0 Å². The van der Waals surface area contributed by atoms with E-state index in [0.717, 1.165) is 24.0 Å². The zero-order chi connectivity index (χ0) is 20.9. The minimum absolute atomic E-state index is 0.0761. The average Bonchev–Trinajstić information content (AvgIpc) is 2.72. The summed E-state index contributed by atoms with van der Waals surface area (Å²) in [7, 11) is -3.50. The van der Waals surface area contributed by atoms with Crippen molar-refractivity contribution in [2.45, 2.75) is 44.0 Å². The van der Waals surface area contributed by atoms with E-state index in [1.54, 1.807) is 40.7 Å². The maximum Gasteiger partial charge on any atom is 0.243 e. The molecule has 5 nitrogen and oxygen atoms in total. The van der Waals surface area contributed by atoms with Gasteiger partial charge in [0.15, 0.2) is 0 Å². The minimum Gasteiger partial charge on any atom is -0.352 e. The van der Waals surface area contributed by atoms with Gasteiger partial charge in [0.25, 0.3) is 0 Å². The summed E-state index contributed by atoms with van der Waals surface area (Å²) in [5, 5.41) is 2.84. The van der Waals surface area contributed by atoms with E-state index in [0.29, 0.717) is 37.4 Å². The van der Waals surface area contributed by atoms with Crippen LogP contribution in [0.2, 0.25) is 0 Å². The van der Waals surface area contributed by atoms with Gasteiger partial charge in [-0.1, -0.05) is 29.8 Å². The second-order valence-corrected chi connectivity index (χ2v) is 9.56. The number of carbonyl (C=O) groups excluding carboxylic acids is 1. The molecule has 29 heavy (non-hydrogen) atoms. The third-order valence-electron chi connectivity index (χ3n) is 5.32. The summed E-state index contributed by atoms with van der Waals surface area (Å²) in [5.41, 5.74) is 1.86. The molecule has 1 amide bonds. The highest BCUT2D eigenvalue weighted by Crippen LogP contribution is 2.26. The molecule has 1 fully saturated rings. The summed E-state index contributed by atoms with van der Waals surface area (Å²) >= 11 is 0. The molecule has 1 N–H and O–H groups in total. The number of nitrogens with one attached hydrogen (secondary N) is 1. The normalized spacial score (nSPS) is 17.8. The lowest BCUT2D eigenvalue weighted by Crippen LogP contribution is -2.40. The highest BCUT2D eigenvalue weighted by Gasteiger charge is 2.30. The van der Waals surface area contributed by atoms with E-state index in [1.165, 1.54) is 12.1 Å². The first kappa shape index (κ1) is 21.5. The van der Waals surface area contributed by atoms with E-state index < -0.39 is 10.0 Å². The van der Waals surface area contributed by atoms with Crippen molar-refractivity contribution in [2.75, 3.05) is 13.1 Å². The van der Waals surface area contributed by atoms with Crippen LogP contribution in [-0.2, 0) is 21.4 Å². The van der Waals surface area contributed by atoms with Crippen LogP contribution in [-0.4, -0.2) is 31.7 Å². The Morgan fingerprint density at radius 3 is 2.52 bits per heavy atom. The SMILES string of the molecule is Cc1ccc(S(=O)(=O)N2CCCC(CCC(=O)NCc3ccc(F)cc3)C2)cc1. The molecule has 156 valence electrons. The Hall–Kier alpha value is -2.25. The van der Waals surface area contributed by atoms with Gasteiger partial charge >= 0.3 is 0 Å². The van der Waals surface area contributed by atoms with E-state index in [4.69, 9.17) is 0 Å². The molecule has 2 aromatic rings. The molecular formula is C22H27FN2O3S. The van der Waals surface area contributed by atoms with Crippen LogP contribution in [0.5, 0.6) is 0 Å². The molecule has 1 aliphatic heterocycles. The summed E-state index contributed by atoms with van der Waals surface area (Å²) in [5.74, 6) is -0.212. The van der Waals surface area contributed by atoms with E-state index >= 15 is 0 Å². The molecule has 0 radical (unpaired) electrons. The van der Waals surface area contributed by atoms with Crippen molar-refractivity contribution < 1.29 is 17.6 Å². The third kappa shape index (κ3) is 5.87. The molecule has 1 saturated heterocycles. The number of amides is 1. The number of rotatable bonds is 7. The summed E-state index contributed by atoms with van der Waals surface area (Å²) < 4.78 is 40.2. The first-order valence-electron chi connectivity index (χ1n) is 9.92. The van der Waals surface area contributed by atoms with Crippen molar-refractivity contribution in [1.82, 2.24) is 9.62 Å². The molecule has 2 aromatic carbocycles. The zero-order valence-electron chi connectivity index (χ0n) is 16.6. The van der Waals surface area contributed by atoms with Crippen molar-refractivity contribution in [3.63, 3.8) is 0 Å². The molecule has 0 bridgehead atoms. The molecule has 7 heteroatoms. The van der Waals surface area contributed by atoms with Crippen LogP contribution in [0.4, 0.5) is 4.39 Å². The molecule has 0 spiro atoms. The lowest BCUT2D eigenvalue weighted by Gasteiger charge is -2.32. The van der Waals surface area contributed by atoms with Gasteiger partial charge in [-0.05, 0) is 61.9 Å². The number of benzene rings is 2. The lowest BCUT2D eigenvalue weighted by atomic mass is 9.94. The topological polar surface area (TPSA) is 66.5 Å². The molecule has 0 aliphatic carbocycles. The fraction of sp³-hybridized carbons (Fsp3) is 0.409. The fourth-order valence-corrected chi connectivity index (χ4v) is 5.12. The summed E-state index contributed by atoms with van der Waals surface area (Å²) in [4.78, 5) is 12.5.